The van der Waals surface area contributed by atoms with Crippen molar-refractivity contribution in [2.45, 2.75) is 33.1 Å². The Balaban J connectivity index is 3.88. The van der Waals surface area contributed by atoms with E-state index in [2.05, 4.69) is 0 Å². The molecule has 13 heavy (non-hydrogen) atoms. The second-order valence-corrected chi connectivity index (χ2v) is 5.80. The summed E-state index contributed by atoms with van der Waals surface area (Å²) in [6.07, 6.45) is 3.14. The van der Waals surface area contributed by atoms with E-state index in [1.807, 2.05) is 13.8 Å². The SMILES string of the molecule is CCCC(C)C(=O)CCS(C)(=O)=O. The minimum atomic E-state index is -2.99. The standard InChI is InChI=1S/C9H18O3S/c1-4-5-8(2)9(10)6-7-13(3,11)12/h8H,4-7H2,1-3H3. The van der Waals surface area contributed by atoms with E-state index < -0.39 is 9.84 Å². The molecule has 0 fully saturated rings. The lowest BCUT2D eigenvalue weighted by Gasteiger charge is -2.07. The number of carbonyl (C=O) groups excluding carboxylic acids is 1. The molecule has 78 valence electrons. The Morgan fingerprint density at radius 3 is 2.31 bits per heavy atom. The van der Waals surface area contributed by atoms with Gasteiger partial charge >= 0.3 is 0 Å². The average Bonchev–Trinajstić information content (AvgIpc) is 1.99. The fourth-order valence-electron chi connectivity index (χ4n) is 1.13. The second-order valence-electron chi connectivity index (χ2n) is 3.54. The summed E-state index contributed by atoms with van der Waals surface area (Å²) in [6.45, 7) is 3.87. The van der Waals surface area contributed by atoms with Gasteiger partial charge in [0.25, 0.3) is 0 Å². The van der Waals surface area contributed by atoms with Gasteiger partial charge in [-0.2, -0.15) is 0 Å². The number of rotatable bonds is 6. The summed E-state index contributed by atoms with van der Waals surface area (Å²) in [5, 5.41) is 0. The van der Waals surface area contributed by atoms with Crippen LogP contribution in [0.3, 0.4) is 0 Å². The van der Waals surface area contributed by atoms with Gasteiger partial charge in [-0.15, -0.1) is 0 Å². The lowest BCUT2D eigenvalue weighted by atomic mass is 9.99. The van der Waals surface area contributed by atoms with Crippen molar-refractivity contribution in [2.75, 3.05) is 12.0 Å². The first-order valence-electron chi connectivity index (χ1n) is 4.57. The van der Waals surface area contributed by atoms with Crippen LogP contribution in [0.2, 0.25) is 0 Å². The average molecular weight is 206 g/mol. The number of hydrogen-bond acceptors (Lipinski definition) is 3. The molecule has 1 atom stereocenters. The van der Waals surface area contributed by atoms with E-state index in [9.17, 15) is 13.2 Å². The molecule has 1 unspecified atom stereocenters. The van der Waals surface area contributed by atoms with Gasteiger partial charge in [0, 0.05) is 18.6 Å². The molecule has 0 aliphatic carbocycles. The molecule has 0 saturated carbocycles. The normalized spacial score (nSPS) is 14.1. The van der Waals surface area contributed by atoms with Crippen LogP contribution in [0.1, 0.15) is 33.1 Å². The maximum atomic E-state index is 11.3. The summed E-state index contributed by atoms with van der Waals surface area (Å²) in [5.41, 5.74) is 0. The number of sulfone groups is 1. The van der Waals surface area contributed by atoms with Crippen molar-refractivity contribution in [3.63, 3.8) is 0 Å². The van der Waals surface area contributed by atoms with Gasteiger partial charge in [0.15, 0.2) is 0 Å². The first kappa shape index (κ1) is 12.6. The Morgan fingerprint density at radius 1 is 1.38 bits per heavy atom. The summed E-state index contributed by atoms with van der Waals surface area (Å²) in [7, 11) is -2.99. The van der Waals surface area contributed by atoms with Crippen LogP contribution in [0.15, 0.2) is 0 Å². The van der Waals surface area contributed by atoms with Gasteiger partial charge in [0.05, 0.1) is 5.75 Å². The van der Waals surface area contributed by atoms with Gasteiger partial charge in [-0.25, -0.2) is 8.42 Å². The third kappa shape index (κ3) is 6.75. The fraction of sp³-hybridized carbons (Fsp3) is 0.889. The summed E-state index contributed by atoms with van der Waals surface area (Å²) in [4.78, 5) is 11.3. The Labute approximate surface area is 80.4 Å². The van der Waals surface area contributed by atoms with Crippen LogP contribution in [0.5, 0.6) is 0 Å². The quantitative estimate of drug-likeness (QED) is 0.660. The van der Waals surface area contributed by atoms with Crippen LogP contribution < -0.4 is 0 Å². The molecule has 0 aromatic carbocycles. The minimum Gasteiger partial charge on any atom is -0.299 e. The Kier molecular flexibility index (Phi) is 5.21. The first-order chi connectivity index (χ1) is 5.87. The predicted octanol–water partition coefficient (Wildman–Crippen LogP) is 1.43. The smallest absolute Gasteiger partial charge is 0.147 e. The molecule has 0 N–H and O–H groups in total. The molecule has 0 bridgehead atoms. The number of hydrogen-bond donors (Lipinski definition) is 0. The van der Waals surface area contributed by atoms with Crippen molar-refractivity contribution in [1.29, 1.82) is 0 Å². The van der Waals surface area contributed by atoms with Crippen LogP contribution in [0, 0.1) is 5.92 Å². The number of carbonyl (C=O) groups is 1. The van der Waals surface area contributed by atoms with E-state index in [4.69, 9.17) is 0 Å². The largest absolute Gasteiger partial charge is 0.299 e. The number of ketones is 1. The molecule has 0 heterocycles. The van der Waals surface area contributed by atoms with Gasteiger partial charge < -0.3 is 0 Å². The van der Waals surface area contributed by atoms with Crippen molar-refractivity contribution in [3.8, 4) is 0 Å². The minimum absolute atomic E-state index is 0.00625. The molecule has 0 rings (SSSR count). The highest BCUT2D eigenvalue weighted by atomic mass is 32.2. The molecule has 0 aromatic heterocycles. The molecule has 0 spiro atoms. The highest BCUT2D eigenvalue weighted by molar-refractivity contribution is 7.90. The van der Waals surface area contributed by atoms with Crippen molar-refractivity contribution in [1.82, 2.24) is 0 Å². The van der Waals surface area contributed by atoms with E-state index in [0.29, 0.717) is 0 Å². The molecule has 0 radical (unpaired) electrons. The molecular formula is C9H18O3S. The lowest BCUT2D eigenvalue weighted by Crippen LogP contribution is -2.15. The van der Waals surface area contributed by atoms with E-state index in [1.54, 1.807) is 0 Å². The Bertz CT molecular complexity index is 254. The third-order valence-electron chi connectivity index (χ3n) is 1.99. The second kappa shape index (κ2) is 5.37. The molecule has 0 aliphatic heterocycles. The van der Waals surface area contributed by atoms with Crippen LogP contribution in [-0.2, 0) is 14.6 Å². The van der Waals surface area contributed by atoms with Crippen LogP contribution in [0.4, 0.5) is 0 Å². The highest BCUT2D eigenvalue weighted by Crippen LogP contribution is 2.09. The van der Waals surface area contributed by atoms with E-state index in [-0.39, 0.29) is 23.9 Å². The molecule has 0 aliphatic rings. The van der Waals surface area contributed by atoms with Gasteiger partial charge in [-0.3, -0.25) is 4.79 Å². The van der Waals surface area contributed by atoms with Crippen molar-refractivity contribution in [2.24, 2.45) is 5.92 Å². The van der Waals surface area contributed by atoms with E-state index in [1.165, 1.54) is 0 Å². The molecular weight excluding hydrogens is 188 g/mol. The van der Waals surface area contributed by atoms with E-state index >= 15 is 0 Å². The summed E-state index contributed by atoms with van der Waals surface area (Å²) in [5.74, 6) is 0.0545. The monoisotopic (exact) mass is 206 g/mol. The van der Waals surface area contributed by atoms with Crippen LogP contribution >= 0.6 is 0 Å². The van der Waals surface area contributed by atoms with Crippen molar-refractivity contribution < 1.29 is 13.2 Å². The van der Waals surface area contributed by atoms with Gasteiger partial charge in [-0.1, -0.05) is 20.3 Å². The topological polar surface area (TPSA) is 51.2 Å². The summed E-state index contributed by atoms with van der Waals surface area (Å²) in [6, 6.07) is 0. The van der Waals surface area contributed by atoms with Crippen molar-refractivity contribution >= 4 is 15.6 Å². The Hall–Kier alpha value is -0.380. The van der Waals surface area contributed by atoms with Gasteiger partial charge in [0.2, 0.25) is 0 Å². The van der Waals surface area contributed by atoms with Crippen molar-refractivity contribution in [3.05, 3.63) is 0 Å². The van der Waals surface area contributed by atoms with Gasteiger partial charge in [-0.05, 0) is 6.42 Å². The lowest BCUT2D eigenvalue weighted by molar-refractivity contribution is -0.122. The van der Waals surface area contributed by atoms with Crippen LogP contribution in [-0.4, -0.2) is 26.2 Å². The summed E-state index contributed by atoms with van der Waals surface area (Å²) < 4.78 is 21.5. The molecule has 0 aromatic rings. The zero-order valence-electron chi connectivity index (χ0n) is 8.54. The fourth-order valence-corrected chi connectivity index (χ4v) is 1.70. The maximum Gasteiger partial charge on any atom is 0.147 e. The molecule has 4 heteroatoms. The van der Waals surface area contributed by atoms with Gasteiger partial charge in [0.1, 0.15) is 15.6 Å². The zero-order valence-corrected chi connectivity index (χ0v) is 9.36. The third-order valence-corrected chi connectivity index (χ3v) is 2.94. The zero-order chi connectivity index (χ0) is 10.5. The molecule has 0 saturated heterocycles. The first-order valence-corrected chi connectivity index (χ1v) is 6.63. The summed E-state index contributed by atoms with van der Waals surface area (Å²) >= 11 is 0. The maximum absolute atomic E-state index is 11.3. The Morgan fingerprint density at radius 2 is 1.92 bits per heavy atom. The molecule has 0 amide bonds. The predicted molar refractivity (Wildman–Crippen MR) is 53.4 cm³/mol. The molecule has 3 nitrogen and oxygen atoms in total. The van der Waals surface area contributed by atoms with Crippen LogP contribution in [0.25, 0.3) is 0 Å². The number of Topliss-reactive ketones (excluding diaryl/α,β-unsaturated/α-hetero) is 1. The van der Waals surface area contributed by atoms with E-state index in [0.717, 1.165) is 19.1 Å². The highest BCUT2D eigenvalue weighted by Gasteiger charge is 2.13.